The van der Waals surface area contributed by atoms with Crippen molar-refractivity contribution in [2.45, 2.75) is 40.0 Å². The van der Waals surface area contributed by atoms with Crippen LogP contribution in [0.3, 0.4) is 0 Å². The number of anilines is 1. The summed E-state index contributed by atoms with van der Waals surface area (Å²) >= 11 is 6.68. The standard InChI is InChI=1S/C28H31ClN6O4/c1-15-26(25-16(2)34-39-17(25)3)32-27(22-9-20(6-7-23(22)29)38-14-19(36)10-30-4)33-28(15)35-12-18-8-21(37-5)11-31-24(18)13-35/h6-9,11,19,30,36H,10,12-14H2,1-5H3. The zero-order chi connectivity index (χ0) is 27.7. The van der Waals surface area contributed by atoms with E-state index in [0.717, 1.165) is 45.3 Å². The Kier molecular flexibility index (Phi) is 7.69. The molecule has 1 atom stereocenters. The molecule has 4 heterocycles. The maximum Gasteiger partial charge on any atom is 0.163 e. The molecule has 0 bridgehead atoms. The van der Waals surface area contributed by atoms with Gasteiger partial charge in [0.1, 0.15) is 35.8 Å². The number of halogens is 1. The van der Waals surface area contributed by atoms with Gasteiger partial charge >= 0.3 is 0 Å². The maximum atomic E-state index is 10.1. The van der Waals surface area contributed by atoms with Gasteiger partial charge in [0.2, 0.25) is 0 Å². The second-order valence-corrected chi connectivity index (χ2v) is 9.95. The van der Waals surface area contributed by atoms with Gasteiger partial charge < -0.3 is 29.3 Å². The molecule has 1 aliphatic rings. The first-order chi connectivity index (χ1) is 18.8. The number of hydrogen-bond acceptors (Lipinski definition) is 10. The molecular weight excluding hydrogens is 520 g/mol. The molecule has 4 aromatic rings. The van der Waals surface area contributed by atoms with Crippen molar-refractivity contribution in [1.29, 1.82) is 0 Å². The third-order valence-corrected chi connectivity index (χ3v) is 7.05. The van der Waals surface area contributed by atoms with Crippen molar-refractivity contribution in [3.8, 4) is 34.1 Å². The first kappa shape index (κ1) is 26.9. The Morgan fingerprint density at radius 1 is 1.15 bits per heavy atom. The molecule has 0 radical (unpaired) electrons. The second-order valence-electron chi connectivity index (χ2n) is 9.54. The number of nitrogens with zero attached hydrogens (tertiary/aromatic N) is 5. The molecule has 0 saturated carbocycles. The number of aryl methyl sites for hydroxylation is 2. The van der Waals surface area contributed by atoms with Crippen LogP contribution < -0.4 is 19.7 Å². The molecular formula is C28H31ClN6O4. The molecule has 0 amide bonds. The second kappa shape index (κ2) is 11.2. The number of methoxy groups -OCH3 is 1. The Labute approximate surface area is 232 Å². The predicted molar refractivity (Wildman–Crippen MR) is 148 cm³/mol. The molecule has 10 nitrogen and oxygen atoms in total. The number of pyridine rings is 1. The van der Waals surface area contributed by atoms with E-state index in [1.54, 1.807) is 38.6 Å². The number of rotatable bonds is 9. The third kappa shape index (κ3) is 5.40. The van der Waals surface area contributed by atoms with Crippen molar-refractivity contribution < 1.29 is 19.1 Å². The van der Waals surface area contributed by atoms with Crippen LogP contribution in [0.2, 0.25) is 5.02 Å². The minimum Gasteiger partial charge on any atom is -0.495 e. The van der Waals surface area contributed by atoms with Gasteiger partial charge in [-0.05, 0) is 57.6 Å². The minimum atomic E-state index is -0.647. The molecule has 1 aromatic carbocycles. The number of likely N-dealkylation sites (N-methyl/N-ethyl adjacent to an activating group) is 1. The minimum absolute atomic E-state index is 0.134. The fraction of sp³-hybridized carbons (Fsp3) is 0.357. The zero-order valence-electron chi connectivity index (χ0n) is 22.6. The highest BCUT2D eigenvalue weighted by molar-refractivity contribution is 6.33. The topological polar surface area (TPSA) is 119 Å². The van der Waals surface area contributed by atoms with Crippen LogP contribution in [0.1, 0.15) is 28.3 Å². The lowest BCUT2D eigenvalue weighted by molar-refractivity contribution is 0.108. The number of ether oxygens (including phenoxy) is 2. The SMILES string of the molecule is CNCC(O)COc1ccc(Cl)c(-c2nc(-c3c(C)noc3C)c(C)c(N3Cc4cc(OC)cnc4C3)n2)c1. The summed E-state index contributed by atoms with van der Waals surface area (Å²) in [5, 5.41) is 17.6. The summed E-state index contributed by atoms with van der Waals surface area (Å²) in [7, 11) is 3.41. The van der Waals surface area contributed by atoms with Crippen molar-refractivity contribution in [2.75, 3.05) is 32.2 Å². The monoisotopic (exact) mass is 550 g/mol. The Balaban J connectivity index is 1.59. The Hall–Kier alpha value is -3.73. The fourth-order valence-corrected chi connectivity index (χ4v) is 4.95. The van der Waals surface area contributed by atoms with Crippen molar-refractivity contribution in [1.82, 2.24) is 25.4 Å². The smallest absolute Gasteiger partial charge is 0.163 e. The van der Waals surface area contributed by atoms with Crippen molar-refractivity contribution in [3.63, 3.8) is 0 Å². The summed E-state index contributed by atoms with van der Waals surface area (Å²) in [6, 6.07) is 7.32. The van der Waals surface area contributed by atoms with E-state index in [1.165, 1.54) is 0 Å². The van der Waals surface area contributed by atoms with E-state index in [2.05, 4.69) is 20.4 Å². The van der Waals surface area contributed by atoms with Crippen LogP contribution in [0.4, 0.5) is 5.82 Å². The molecule has 1 aliphatic heterocycles. The quantitative estimate of drug-likeness (QED) is 0.313. The van der Waals surface area contributed by atoms with E-state index in [4.69, 9.17) is 35.6 Å². The average Bonchev–Trinajstić information content (AvgIpc) is 3.50. The van der Waals surface area contributed by atoms with E-state index in [0.29, 0.717) is 47.6 Å². The van der Waals surface area contributed by atoms with Crippen molar-refractivity contribution in [2.24, 2.45) is 0 Å². The Bertz CT molecular complexity index is 1490. The molecule has 204 valence electrons. The molecule has 39 heavy (non-hydrogen) atoms. The van der Waals surface area contributed by atoms with Gasteiger partial charge in [-0.15, -0.1) is 0 Å². The molecule has 0 aliphatic carbocycles. The summed E-state index contributed by atoms with van der Waals surface area (Å²) in [4.78, 5) is 16.7. The summed E-state index contributed by atoms with van der Waals surface area (Å²) < 4.78 is 16.7. The van der Waals surface area contributed by atoms with Crippen molar-refractivity contribution >= 4 is 17.4 Å². The molecule has 2 N–H and O–H groups in total. The van der Waals surface area contributed by atoms with Gasteiger partial charge in [-0.2, -0.15) is 0 Å². The van der Waals surface area contributed by atoms with Gasteiger partial charge in [0.05, 0.1) is 47.5 Å². The Morgan fingerprint density at radius 3 is 2.69 bits per heavy atom. The molecule has 3 aromatic heterocycles. The van der Waals surface area contributed by atoms with Gasteiger partial charge in [0.15, 0.2) is 5.82 Å². The molecule has 1 unspecified atom stereocenters. The largest absolute Gasteiger partial charge is 0.495 e. The highest BCUT2D eigenvalue weighted by Gasteiger charge is 2.28. The molecule has 5 rings (SSSR count). The molecule has 11 heteroatoms. The van der Waals surface area contributed by atoms with Crippen LogP contribution in [0.5, 0.6) is 11.5 Å². The van der Waals surface area contributed by atoms with Gasteiger partial charge in [-0.1, -0.05) is 16.8 Å². The van der Waals surface area contributed by atoms with E-state index in [9.17, 15) is 5.11 Å². The van der Waals surface area contributed by atoms with Crippen LogP contribution in [0.15, 0.2) is 35.0 Å². The van der Waals surface area contributed by atoms with E-state index in [-0.39, 0.29) is 6.61 Å². The lowest BCUT2D eigenvalue weighted by Crippen LogP contribution is -2.29. The lowest BCUT2D eigenvalue weighted by atomic mass is 10.0. The number of aliphatic hydroxyl groups is 1. The van der Waals surface area contributed by atoms with Gasteiger partial charge in [-0.3, -0.25) is 4.98 Å². The van der Waals surface area contributed by atoms with Crippen LogP contribution in [0.25, 0.3) is 22.6 Å². The lowest BCUT2D eigenvalue weighted by Gasteiger charge is -2.22. The van der Waals surface area contributed by atoms with Gasteiger partial charge in [-0.25, -0.2) is 9.97 Å². The van der Waals surface area contributed by atoms with E-state index < -0.39 is 6.10 Å². The zero-order valence-corrected chi connectivity index (χ0v) is 23.3. The Morgan fingerprint density at radius 2 is 1.97 bits per heavy atom. The molecule has 0 saturated heterocycles. The summed E-state index contributed by atoms with van der Waals surface area (Å²) in [5.74, 6) is 3.15. The van der Waals surface area contributed by atoms with Crippen LogP contribution in [-0.4, -0.2) is 58.6 Å². The number of aromatic nitrogens is 4. The summed E-state index contributed by atoms with van der Waals surface area (Å²) in [6.45, 7) is 7.54. The first-order valence-corrected chi connectivity index (χ1v) is 13.0. The summed E-state index contributed by atoms with van der Waals surface area (Å²) in [5.41, 5.74) is 5.86. The van der Waals surface area contributed by atoms with Gasteiger partial charge in [0, 0.05) is 24.2 Å². The average molecular weight is 551 g/mol. The molecule has 0 fully saturated rings. The normalized spacial score (nSPS) is 13.5. The fourth-order valence-electron chi connectivity index (χ4n) is 4.75. The molecule has 0 spiro atoms. The number of fused-ring (bicyclic) bond motifs is 1. The van der Waals surface area contributed by atoms with E-state index in [1.807, 2.05) is 26.8 Å². The summed E-state index contributed by atoms with van der Waals surface area (Å²) in [6.07, 6.45) is 1.08. The van der Waals surface area contributed by atoms with Crippen LogP contribution >= 0.6 is 11.6 Å². The predicted octanol–water partition coefficient (Wildman–Crippen LogP) is 4.26. The van der Waals surface area contributed by atoms with Crippen LogP contribution in [-0.2, 0) is 13.1 Å². The van der Waals surface area contributed by atoms with Gasteiger partial charge in [0.25, 0.3) is 0 Å². The third-order valence-electron chi connectivity index (χ3n) is 6.72. The number of benzene rings is 1. The number of hydrogen-bond donors (Lipinski definition) is 2. The van der Waals surface area contributed by atoms with Crippen LogP contribution in [0, 0.1) is 20.8 Å². The maximum absolute atomic E-state index is 10.1. The first-order valence-electron chi connectivity index (χ1n) is 12.6. The van der Waals surface area contributed by atoms with E-state index >= 15 is 0 Å². The van der Waals surface area contributed by atoms with Crippen molar-refractivity contribution in [3.05, 3.63) is 63.8 Å². The highest BCUT2D eigenvalue weighted by atomic mass is 35.5. The highest BCUT2D eigenvalue weighted by Crippen LogP contribution is 2.39. The number of aliphatic hydroxyl groups excluding tert-OH is 1. The number of nitrogens with one attached hydrogen (secondary N) is 1.